The molecule has 0 saturated heterocycles. The Morgan fingerprint density at radius 3 is 1.89 bits per heavy atom. The van der Waals surface area contributed by atoms with E-state index in [1.807, 2.05) is 0 Å². The fraction of sp³-hybridized carbons (Fsp3) is 0.857. The van der Waals surface area contributed by atoms with Crippen LogP contribution in [0.2, 0.25) is 0 Å². The van der Waals surface area contributed by atoms with Crippen molar-refractivity contribution in [3.8, 4) is 0 Å². The molecule has 1 unspecified atom stereocenters. The van der Waals surface area contributed by atoms with E-state index in [9.17, 15) is 14.7 Å². The largest absolute Gasteiger partial charge is 0.479 e. The van der Waals surface area contributed by atoms with Crippen LogP contribution in [0.25, 0.3) is 0 Å². The SMILES string of the molecule is O=C(O)C(O)CC(=O)C12CC3CC(CC(C3)C1)C2. The first-order valence-electron chi connectivity index (χ1n) is 6.93. The number of aliphatic carboxylic acids is 1. The second-order valence-corrected chi connectivity index (χ2v) is 6.68. The van der Waals surface area contributed by atoms with Crippen molar-refractivity contribution < 1.29 is 19.8 Å². The normalized spacial score (nSPS) is 42.8. The van der Waals surface area contributed by atoms with Gasteiger partial charge in [0.25, 0.3) is 0 Å². The van der Waals surface area contributed by atoms with Gasteiger partial charge in [-0.1, -0.05) is 0 Å². The van der Waals surface area contributed by atoms with Crippen LogP contribution in [-0.4, -0.2) is 28.1 Å². The third kappa shape index (κ3) is 1.87. The molecule has 0 amide bonds. The highest BCUT2D eigenvalue weighted by Gasteiger charge is 2.54. The number of rotatable bonds is 4. The molecule has 4 nitrogen and oxygen atoms in total. The Balaban J connectivity index is 1.75. The number of Topliss-reactive ketones (excluding diaryl/α,β-unsaturated/α-hetero) is 1. The van der Waals surface area contributed by atoms with Gasteiger partial charge in [0, 0.05) is 11.8 Å². The first kappa shape index (κ1) is 12.2. The van der Waals surface area contributed by atoms with E-state index in [2.05, 4.69) is 0 Å². The van der Waals surface area contributed by atoms with E-state index in [4.69, 9.17) is 5.11 Å². The number of carbonyl (C=O) groups is 2. The molecule has 0 aliphatic heterocycles. The van der Waals surface area contributed by atoms with Crippen molar-refractivity contribution in [2.24, 2.45) is 23.2 Å². The molecule has 0 heterocycles. The molecule has 0 spiro atoms. The lowest BCUT2D eigenvalue weighted by Gasteiger charge is -2.56. The lowest BCUT2D eigenvalue weighted by Crippen LogP contribution is -2.50. The summed E-state index contributed by atoms with van der Waals surface area (Å²) in [5, 5.41) is 18.1. The van der Waals surface area contributed by atoms with E-state index in [-0.39, 0.29) is 17.6 Å². The summed E-state index contributed by atoms with van der Waals surface area (Å²) in [6, 6.07) is 0. The number of hydrogen-bond acceptors (Lipinski definition) is 3. The molecular weight excluding hydrogens is 232 g/mol. The van der Waals surface area contributed by atoms with Gasteiger partial charge in [0.2, 0.25) is 0 Å². The standard InChI is InChI=1S/C14H20O4/c15-11(13(17)18)4-12(16)14-5-8-1-9(6-14)3-10(2-8)7-14/h8-11,15H,1-7H2,(H,17,18). The van der Waals surface area contributed by atoms with Gasteiger partial charge in [-0.25, -0.2) is 4.79 Å². The summed E-state index contributed by atoms with van der Waals surface area (Å²) in [7, 11) is 0. The van der Waals surface area contributed by atoms with Crippen LogP contribution < -0.4 is 0 Å². The minimum Gasteiger partial charge on any atom is -0.479 e. The number of carboxylic acid groups (broad SMARTS) is 1. The van der Waals surface area contributed by atoms with Crippen molar-refractivity contribution in [3.63, 3.8) is 0 Å². The molecule has 4 aliphatic carbocycles. The van der Waals surface area contributed by atoms with Crippen molar-refractivity contribution in [2.75, 3.05) is 0 Å². The Hall–Kier alpha value is -0.900. The smallest absolute Gasteiger partial charge is 0.332 e. The number of aliphatic hydroxyl groups excluding tert-OH is 1. The van der Waals surface area contributed by atoms with Crippen LogP contribution in [0.3, 0.4) is 0 Å². The molecular formula is C14H20O4. The average Bonchev–Trinajstić information content (AvgIpc) is 2.26. The molecule has 4 heteroatoms. The maximum atomic E-state index is 12.4. The molecule has 4 bridgehead atoms. The molecule has 4 fully saturated rings. The van der Waals surface area contributed by atoms with E-state index in [0.717, 1.165) is 19.3 Å². The Kier molecular flexibility index (Phi) is 2.73. The number of carboxylic acids is 1. The predicted octanol–water partition coefficient (Wildman–Crippen LogP) is 1.61. The number of aliphatic hydroxyl groups is 1. The Morgan fingerprint density at radius 1 is 1.06 bits per heavy atom. The fourth-order valence-electron chi connectivity index (χ4n) is 4.93. The predicted molar refractivity (Wildman–Crippen MR) is 63.9 cm³/mol. The van der Waals surface area contributed by atoms with Crippen molar-refractivity contribution in [1.82, 2.24) is 0 Å². The van der Waals surface area contributed by atoms with Crippen LogP contribution >= 0.6 is 0 Å². The fourth-order valence-corrected chi connectivity index (χ4v) is 4.93. The van der Waals surface area contributed by atoms with Crippen molar-refractivity contribution >= 4 is 11.8 Å². The second-order valence-electron chi connectivity index (χ2n) is 6.68. The quantitative estimate of drug-likeness (QED) is 0.797. The number of hydrogen-bond donors (Lipinski definition) is 2. The van der Waals surface area contributed by atoms with Crippen molar-refractivity contribution in [3.05, 3.63) is 0 Å². The Bertz CT molecular complexity index is 352. The summed E-state index contributed by atoms with van der Waals surface area (Å²) >= 11 is 0. The maximum absolute atomic E-state index is 12.4. The highest BCUT2D eigenvalue weighted by atomic mass is 16.4. The summed E-state index contributed by atoms with van der Waals surface area (Å²) in [5.74, 6) is 0.719. The van der Waals surface area contributed by atoms with Crippen LogP contribution in [0.5, 0.6) is 0 Å². The van der Waals surface area contributed by atoms with Crippen LogP contribution in [0, 0.1) is 23.2 Å². The van der Waals surface area contributed by atoms with Gasteiger partial charge in [-0.05, 0) is 56.3 Å². The van der Waals surface area contributed by atoms with Gasteiger partial charge < -0.3 is 10.2 Å². The summed E-state index contributed by atoms with van der Waals surface area (Å²) in [4.78, 5) is 23.0. The van der Waals surface area contributed by atoms with Crippen molar-refractivity contribution in [1.29, 1.82) is 0 Å². The third-order valence-electron chi connectivity index (χ3n) is 5.29. The van der Waals surface area contributed by atoms with Crippen LogP contribution in [0.4, 0.5) is 0 Å². The Morgan fingerprint density at radius 2 is 1.50 bits per heavy atom. The first-order chi connectivity index (χ1) is 8.48. The Labute approximate surface area is 106 Å². The monoisotopic (exact) mass is 252 g/mol. The molecule has 4 rings (SSSR count). The molecule has 0 aromatic heterocycles. The van der Waals surface area contributed by atoms with Gasteiger partial charge in [0.05, 0.1) is 0 Å². The lowest BCUT2D eigenvalue weighted by molar-refractivity contribution is -0.155. The maximum Gasteiger partial charge on any atom is 0.332 e. The molecule has 0 radical (unpaired) electrons. The summed E-state index contributed by atoms with van der Waals surface area (Å²) < 4.78 is 0. The average molecular weight is 252 g/mol. The van der Waals surface area contributed by atoms with Gasteiger partial charge in [-0.15, -0.1) is 0 Å². The molecule has 2 N–H and O–H groups in total. The molecule has 4 saturated carbocycles. The third-order valence-corrected chi connectivity index (χ3v) is 5.29. The zero-order valence-electron chi connectivity index (χ0n) is 10.5. The minimum atomic E-state index is -1.52. The number of ketones is 1. The molecule has 4 aliphatic rings. The summed E-state index contributed by atoms with van der Waals surface area (Å²) in [5.41, 5.74) is -0.287. The van der Waals surface area contributed by atoms with Gasteiger partial charge >= 0.3 is 5.97 Å². The van der Waals surface area contributed by atoms with E-state index < -0.39 is 12.1 Å². The van der Waals surface area contributed by atoms with E-state index in [1.165, 1.54) is 19.3 Å². The molecule has 100 valence electrons. The first-order valence-corrected chi connectivity index (χ1v) is 6.93. The van der Waals surface area contributed by atoms with E-state index >= 15 is 0 Å². The highest BCUT2D eigenvalue weighted by molar-refractivity contribution is 5.89. The van der Waals surface area contributed by atoms with Gasteiger partial charge in [-0.3, -0.25) is 4.79 Å². The van der Waals surface area contributed by atoms with Gasteiger partial charge in [0.15, 0.2) is 6.10 Å². The molecule has 1 atom stereocenters. The second kappa shape index (κ2) is 4.05. The summed E-state index contributed by atoms with van der Waals surface area (Å²) in [6.07, 6.45) is 4.85. The zero-order chi connectivity index (χ0) is 12.9. The lowest BCUT2D eigenvalue weighted by atomic mass is 9.48. The van der Waals surface area contributed by atoms with Crippen LogP contribution in [-0.2, 0) is 9.59 Å². The van der Waals surface area contributed by atoms with Gasteiger partial charge in [0.1, 0.15) is 5.78 Å². The minimum absolute atomic E-state index is 0.00324. The van der Waals surface area contributed by atoms with Crippen LogP contribution in [0.15, 0.2) is 0 Å². The summed E-state index contributed by atoms with van der Waals surface area (Å²) in [6.45, 7) is 0. The molecule has 18 heavy (non-hydrogen) atoms. The highest BCUT2D eigenvalue weighted by Crippen LogP contribution is 2.60. The van der Waals surface area contributed by atoms with Crippen molar-refractivity contribution in [2.45, 2.75) is 51.0 Å². The van der Waals surface area contributed by atoms with Gasteiger partial charge in [-0.2, -0.15) is 0 Å². The van der Waals surface area contributed by atoms with Crippen LogP contribution in [0.1, 0.15) is 44.9 Å². The van der Waals surface area contributed by atoms with E-state index in [1.54, 1.807) is 0 Å². The molecule has 0 aromatic carbocycles. The number of carbonyl (C=O) groups excluding carboxylic acids is 1. The molecule has 0 aromatic rings. The zero-order valence-corrected chi connectivity index (χ0v) is 10.5. The van der Waals surface area contributed by atoms with E-state index in [0.29, 0.717) is 17.8 Å². The topological polar surface area (TPSA) is 74.6 Å².